The van der Waals surface area contributed by atoms with Gasteiger partial charge in [-0.2, -0.15) is 0 Å². The molecule has 1 aliphatic rings. The maximum absolute atomic E-state index is 11.5. The number of rotatable bonds is 4. The van der Waals surface area contributed by atoms with Crippen LogP contribution < -0.4 is 15.8 Å². The lowest BCUT2D eigenvalue weighted by Gasteiger charge is -2.32. The predicted molar refractivity (Wildman–Crippen MR) is 84.2 cm³/mol. The second-order valence-electron chi connectivity index (χ2n) is 5.37. The number of anilines is 1. The Bertz CT molecular complexity index is 511. The van der Waals surface area contributed by atoms with Gasteiger partial charge in [0.25, 0.3) is 0 Å². The van der Waals surface area contributed by atoms with Crippen LogP contribution in [0, 0.1) is 0 Å². The number of ether oxygens (including phenoxy) is 1. The predicted octanol–water partition coefficient (Wildman–Crippen LogP) is 3.19. The summed E-state index contributed by atoms with van der Waals surface area (Å²) in [6, 6.07) is 3.83. The Labute approximate surface area is 128 Å². The second kappa shape index (κ2) is 6.14. The van der Waals surface area contributed by atoms with Crippen molar-refractivity contribution in [2.24, 2.45) is 5.73 Å². The number of amides is 1. The highest BCUT2D eigenvalue weighted by molar-refractivity contribution is 9.10. The first-order chi connectivity index (χ1) is 9.54. The lowest BCUT2D eigenvalue weighted by Crippen LogP contribution is -2.33. The number of hydrogen-bond donors (Lipinski definition) is 2. The maximum Gasteiger partial charge on any atom is 0.221 e. The SMILES string of the molecule is COc1ccc(Br)c(C2(CN)CCCC2)c1NC(C)=O. The largest absolute Gasteiger partial charge is 0.495 e. The van der Waals surface area contributed by atoms with E-state index in [2.05, 4.69) is 21.2 Å². The van der Waals surface area contributed by atoms with E-state index in [9.17, 15) is 4.79 Å². The van der Waals surface area contributed by atoms with Gasteiger partial charge >= 0.3 is 0 Å². The van der Waals surface area contributed by atoms with E-state index in [1.165, 1.54) is 19.8 Å². The van der Waals surface area contributed by atoms with Gasteiger partial charge in [-0.05, 0) is 25.0 Å². The monoisotopic (exact) mass is 340 g/mol. The van der Waals surface area contributed by atoms with Gasteiger partial charge in [0.2, 0.25) is 5.91 Å². The molecule has 0 unspecified atom stereocenters. The van der Waals surface area contributed by atoms with E-state index < -0.39 is 0 Å². The maximum atomic E-state index is 11.5. The molecule has 5 heteroatoms. The Morgan fingerprint density at radius 3 is 2.60 bits per heavy atom. The average molecular weight is 341 g/mol. The second-order valence-corrected chi connectivity index (χ2v) is 6.23. The van der Waals surface area contributed by atoms with Crippen molar-refractivity contribution in [2.75, 3.05) is 19.0 Å². The Morgan fingerprint density at radius 2 is 2.10 bits per heavy atom. The molecule has 2 rings (SSSR count). The summed E-state index contributed by atoms with van der Waals surface area (Å²) in [5.41, 5.74) is 7.84. The molecule has 0 heterocycles. The number of nitrogens with one attached hydrogen (secondary N) is 1. The molecule has 1 amide bonds. The van der Waals surface area contributed by atoms with Crippen LogP contribution >= 0.6 is 15.9 Å². The topological polar surface area (TPSA) is 64.3 Å². The molecule has 0 atom stereocenters. The quantitative estimate of drug-likeness (QED) is 0.884. The zero-order valence-electron chi connectivity index (χ0n) is 12.0. The summed E-state index contributed by atoms with van der Waals surface area (Å²) >= 11 is 3.62. The molecule has 1 aliphatic carbocycles. The summed E-state index contributed by atoms with van der Waals surface area (Å²) < 4.78 is 6.40. The van der Waals surface area contributed by atoms with Gasteiger partial charge in [0.05, 0.1) is 12.8 Å². The molecule has 1 aromatic rings. The van der Waals surface area contributed by atoms with Crippen molar-refractivity contribution >= 4 is 27.5 Å². The molecular weight excluding hydrogens is 320 g/mol. The number of benzene rings is 1. The molecule has 1 aromatic carbocycles. The minimum absolute atomic E-state index is 0.0782. The van der Waals surface area contributed by atoms with Crippen molar-refractivity contribution in [1.82, 2.24) is 0 Å². The fraction of sp³-hybridized carbons (Fsp3) is 0.533. The highest BCUT2D eigenvalue weighted by atomic mass is 79.9. The lowest BCUT2D eigenvalue weighted by atomic mass is 9.78. The van der Waals surface area contributed by atoms with Crippen LogP contribution in [0.5, 0.6) is 5.75 Å². The summed E-state index contributed by atoms with van der Waals surface area (Å²) in [6.07, 6.45) is 4.42. The summed E-state index contributed by atoms with van der Waals surface area (Å²) in [5, 5.41) is 2.92. The van der Waals surface area contributed by atoms with Crippen LogP contribution in [0.15, 0.2) is 16.6 Å². The van der Waals surface area contributed by atoms with E-state index in [0.29, 0.717) is 12.3 Å². The summed E-state index contributed by atoms with van der Waals surface area (Å²) in [4.78, 5) is 11.5. The standard InChI is InChI=1S/C15H21BrN2O2/c1-10(19)18-14-12(20-2)6-5-11(16)13(14)15(9-17)7-3-4-8-15/h5-6H,3-4,7-9,17H2,1-2H3,(H,18,19). The van der Waals surface area contributed by atoms with E-state index in [1.54, 1.807) is 7.11 Å². The molecule has 4 nitrogen and oxygen atoms in total. The first-order valence-electron chi connectivity index (χ1n) is 6.89. The highest BCUT2D eigenvalue weighted by Gasteiger charge is 2.38. The van der Waals surface area contributed by atoms with Crippen LogP contribution in [0.4, 0.5) is 5.69 Å². The van der Waals surface area contributed by atoms with Gasteiger partial charge < -0.3 is 15.8 Å². The third-order valence-electron chi connectivity index (χ3n) is 4.12. The lowest BCUT2D eigenvalue weighted by molar-refractivity contribution is -0.114. The molecule has 1 fully saturated rings. The Morgan fingerprint density at radius 1 is 1.45 bits per heavy atom. The molecule has 1 saturated carbocycles. The van der Waals surface area contributed by atoms with Gasteiger partial charge in [-0.1, -0.05) is 28.8 Å². The molecule has 0 bridgehead atoms. The molecule has 0 aliphatic heterocycles. The van der Waals surface area contributed by atoms with E-state index in [-0.39, 0.29) is 11.3 Å². The molecule has 0 spiro atoms. The highest BCUT2D eigenvalue weighted by Crippen LogP contribution is 2.49. The zero-order valence-corrected chi connectivity index (χ0v) is 13.5. The van der Waals surface area contributed by atoms with E-state index in [0.717, 1.165) is 28.6 Å². The summed E-state index contributed by atoms with van der Waals surface area (Å²) in [6.45, 7) is 2.08. The van der Waals surface area contributed by atoms with E-state index in [4.69, 9.17) is 10.5 Å². The smallest absolute Gasteiger partial charge is 0.221 e. The zero-order chi connectivity index (χ0) is 14.8. The molecule has 0 aromatic heterocycles. The minimum atomic E-state index is -0.104. The number of carbonyl (C=O) groups excluding carboxylic acids is 1. The normalized spacial score (nSPS) is 17.0. The minimum Gasteiger partial charge on any atom is -0.495 e. The van der Waals surface area contributed by atoms with Gasteiger partial charge in [-0.25, -0.2) is 0 Å². The third kappa shape index (κ3) is 2.69. The first-order valence-corrected chi connectivity index (χ1v) is 7.68. The Hall–Kier alpha value is -1.07. The number of carbonyl (C=O) groups is 1. The number of nitrogens with two attached hydrogens (primary N) is 1. The third-order valence-corrected chi connectivity index (χ3v) is 4.78. The van der Waals surface area contributed by atoms with Crippen molar-refractivity contribution in [3.05, 3.63) is 22.2 Å². The van der Waals surface area contributed by atoms with Crippen molar-refractivity contribution in [1.29, 1.82) is 0 Å². The Kier molecular flexibility index (Phi) is 4.70. The molecule has 0 saturated heterocycles. The van der Waals surface area contributed by atoms with Crippen LogP contribution in [-0.4, -0.2) is 19.6 Å². The van der Waals surface area contributed by atoms with Crippen LogP contribution in [0.25, 0.3) is 0 Å². The van der Waals surface area contributed by atoms with E-state index >= 15 is 0 Å². The molecule has 0 radical (unpaired) electrons. The molecule has 110 valence electrons. The Balaban J connectivity index is 2.62. The summed E-state index contributed by atoms with van der Waals surface area (Å²) in [5.74, 6) is 0.575. The van der Waals surface area contributed by atoms with Crippen LogP contribution in [0.1, 0.15) is 38.2 Å². The van der Waals surface area contributed by atoms with Crippen molar-refractivity contribution in [2.45, 2.75) is 38.0 Å². The molecule has 3 N–H and O–H groups in total. The fourth-order valence-corrected chi connectivity index (χ4v) is 3.91. The number of hydrogen-bond acceptors (Lipinski definition) is 3. The van der Waals surface area contributed by atoms with Crippen molar-refractivity contribution < 1.29 is 9.53 Å². The van der Waals surface area contributed by atoms with Crippen LogP contribution in [0.3, 0.4) is 0 Å². The number of methoxy groups -OCH3 is 1. The van der Waals surface area contributed by atoms with Gasteiger partial charge in [-0.15, -0.1) is 0 Å². The number of halogens is 1. The molecule has 20 heavy (non-hydrogen) atoms. The van der Waals surface area contributed by atoms with Crippen LogP contribution in [0.2, 0.25) is 0 Å². The van der Waals surface area contributed by atoms with Crippen molar-refractivity contribution in [3.63, 3.8) is 0 Å². The van der Waals surface area contributed by atoms with Gasteiger partial charge in [0.15, 0.2) is 0 Å². The van der Waals surface area contributed by atoms with Gasteiger partial charge in [-0.3, -0.25) is 4.79 Å². The van der Waals surface area contributed by atoms with Gasteiger partial charge in [0, 0.05) is 28.9 Å². The first kappa shape index (κ1) is 15.3. The van der Waals surface area contributed by atoms with Gasteiger partial charge in [0.1, 0.15) is 5.75 Å². The fourth-order valence-electron chi connectivity index (χ4n) is 3.15. The van der Waals surface area contributed by atoms with E-state index in [1.807, 2.05) is 12.1 Å². The van der Waals surface area contributed by atoms with Crippen molar-refractivity contribution in [3.8, 4) is 5.75 Å². The molecular formula is C15H21BrN2O2. The summed E-state index contributed by atoms with van der Waals surface area (Å²) in [7, 11) is 1.61. The average Bonchev–Trinajstić information content (AvgIpc) is 2.88. The van der Waals surface area contributed by atoms with Crippen LogP contribution in [-0.2, 0) is 10.2 Å².